The van der Waals surface area contributed by atoms with Gasteiger partial charge in [-0.2, -0.15) is 0 Å². The van der Waals surface area contributed by atoms with Gasteiger partial charge in [0.1, 0.15) is 0 Å². The zero-order valence-corrected chi connectivity index (χ0v) is 11.4. The van der Waals surface area contributed by atoms with Crippen LogP contribution in [0.15, 0.2) is 22.7 Å². The number of nitrogens with zero attached hydrogens (tertiary/aromatic N) is 1. The molecule has 0 saturated carbocycles. The van der Waals surface area contributed by atoms with Crippen LogP contribution in [0.25, 0.3) is 0 Å². The van der Waals surface area contributed by atoms with E-state index in [4.69, 9.17) is 5.11 Å². The summed E-state index contributed by atoms with van der Waals surface area (Å²) in [6, 6.07) is 6.55. The van der Waals surface area contributed by atoms with E-state index in [9.17, 15) is 4.79 Å². The number of hydrogen-bond acceptors (Lipinski definition) is 2. The molecule has 2 rings (SSSR count). The molecule has 1 aliphatic carbocycles. The van der Waals surface area contributed by atoms with Gasteiger partial charge in [-0.3, -0.25) is 9.69 Å². The van der Waals surface area contributed by atoms with Crippen molar-refractivity contribution < 1.29 is 9.90 Å². The van der Waals surface area contributed by atoms with Gasteiger partial charge in [-0.1, -0.05) is 28.9 Å². The third kappa shape index (κ3) is 2.69. The number of carboxylic acid groups (broad SMARTS) is 1. The van der Waals surface area contributed by atoms with Crippen molar-refractivity contribution in [3.05, 3.63) is 33.8 Å². The van der Waals surface area contributed by atoms with E-state index in [0.29, 0.717) is 0 Å². The Hall–Kier alpha value is -0.870. The van der Waals surface area contributed by atoms with E-state index >= 15 is 0 Å². The Morgan fingerprint density at radius 3 is 3.00 bits per heavy atom. The number of hydrogen-bond donors (Lipinski definition) is 1. The van der Waals surface area contributed by atoms with Crippen LogP contribution in [0.5, 0.6) is 0 Å². The smallest absolute Gasteiger partial charge is 0.317 e. The SMILES string of the molecule is CCN(CC(=O)O)C1CCc2cc(Br)ccc21. The molecule has 92 valence electrons. The molecule has 0 aliphatic heterocycles. The number of halogens is 1. The van der Waals surface area contributed by atoms with Gasteiger partial charge >= 0.3 is 5.97 Å². The fraction of sp³-hybridized carbons (Fsp3) is 0.462. The molecule has 1 aliphatic rings. The number of likely N-dealkylation sites (N-methyl/N-ethyl adjacent to an activating group) is 1. The standard InChI is InChI=1S/C13H16BrNO2/c1-2-15(8-13(16)17)12-6-3-9-7-10(14)4-5-11(9)12/h4-5,7,12H,2-3,6,8H2,1H3,(H,16,17). The van der Waals surface area contributed by atoms with E-state index in [-0.39, 0.29) is 12.6 Å². The maximum Gasteiger partial charge on any atom is 0.317 e. The monoisotopic (exact) mass is 297 g/mol. The van der Waals surface area contributed by atoms with Crippen LogP contribution >= 0.6 is 15.9 Å². The van der Waals surface area contributed by atoms with Crippen LogP contribution in [-0.2, 0) is 11.2 Å². The largest absolute Gasteiger partial charge is 0.480 e. The summed E-state index contributed by atoms with van der Waals surface area (Å²) >= 11 is 3.47. The average molecular weight is 298 g/mol. The quantitative estimate of drug-likeness (QED) is 0.929. The summed E-state index contributed by atoms with van der Waals surface area (Å²) in [5.74, 6) is -0.752. The van der Waals surface area contributed by atoms with Crippen molar-refractivity contribution in [1.29, 1.82) is 0 Å². The Bertz CT molecular complexity index is 433. The van der Waals surface area contributed by atoms with E-state index in [1.54, 1.807) is 0 Å². The van der Waals surface area contributed by atoms with E-state index < -0.39 is 5.97 Å². The first-order valence-corrected chi connectivity index (χ1v) is 6.65. The fourth-order valence-corrected chi connectivity index (χ4v) is 2.97. The molecule has 1 atom stereocenters. The molecule has 1 unspecified atom stereocenters. The summed E-state index contributed by atoms with van der Waals surface area (Å²) in [6.45, 7) is 2.91. The summed E-state index contributed by atoms with van der Waals surface area (Å²) in [4.78, 5) is 12.9. The molecule has 1 aromatic carbocycles. The molecule has 1 N–H and O–H groups in total. The van der Waals surface area contributed by atoms with Crippen molar-refractivity contribution in [2.75, 3.05) is 13.1 Å². The maximum atomic E-state index is 10.8. The van der Waals surface area contributed by atoms with Gasteiger partial charge < -0.3 is 5.11 Å². The molecule has 4 heteroatoms. The molecule has 3 nitrogen and oxygen atoms in total. The fourth-order valence-electron chi connectivity index (χ4n) is 2.56. The first-order valence-electron chi connectivity index (χ1n) is 5.86. The van der Waals surface area contributed by atoms with Gasteiger partial charge in [0, 0.05) is 10.5 Å². The van der Waals surface area contributed by atoms with E-state index in [0.717, 1.165) is 23.9 Å². The molecule has 1 aromatic rings. The molecule has 0 heterocycles. The molecule has 0 amide bonds. The predicted molar refractivity (Wildman–Crippen MR) is 70.1 cm³/mol. The van der Waals surface area contributed by atoms with Crippen molar-refractivity contribution in [2.45, 2.75) is 25.8 Å². The number of aliphatic carboxylic acids is 1. The molecule has 0 spiro atoms. The maximum absolute atomic E-state index is 10.8. The highest BCUT2D eigenvalue weighted by molar-refractivity contribution is 9.10. The van der Waals surface area contributed by atoms with Gasteiger partial charge in [-0.15, -0.1) is 0 Å². The molecule has 0 fully saturated rings. The molecule has 0 aromatic heterocycles. The minimum atomic E-state index is -0.752. The van der Waals surface area contributed by atoms with Crippen LogP contribution in [0.3, 0.4) is 0 Å². The lowest BCUT2D eigenvalue weighted by Gasteiger charge is -2.26. The van der Waals surface area contributed by atoms with E-state index in [1.165, 1.54) is 11.1 Å². The van der Waals surface area contributed by atoms with Crippen molar-refractivity contribution in [3.8, 4) is 0 Å². The van der Waals surface area contributed by atoms with Gasteiger partial charge in [0.15, 0.2) is 0 Å². The third-order valence-corrected chi connectivity index (χ3v) is 3.83. The van der Waals surface area contributed by atoms with E-state index in [2.05, 4.69) is 28.1 Å². The van der Waals surface area contributed by atoms with Gasteiger partial charge in [0.2, 0.25) is 0 Å². The first-order chi connectivity index (χ1) is 8.11. The van der Waals surface area contributed by atoms with Crippen LogP contribution in [-0.4, -0.2) is 29.1 Å². The number of carboxylic acids is 1. The number of fused-ring (bicyclic) bond motifs is 1. The van der Waals surface area contributed by atoms with Crippen LogP contribution in [0.2, 0.25) is 0 Å². The highest BCUT2D eigenvalue weighted by Gasteiger charge is 2.28. The average Bonchev–Trinajstić information content (AvgIpc) is 2.68. The minimum absolute atomic E-state index is 0.122. The van der Waals surface area contributed by atoms with E-state index in [1.807, 2.05) is 17.9 Å². The third-order valence-electron chi connectivity index (χ3n) is 3.34. The molecule has 0 bridgehead atoms. The summed E-state index contributed by atoms with van der Waals surface area (Å²) in [5.41, 5.74) is 2.63. The topological polar surface area (TPSA) is 40.5 Å². The van der Waals surface area contributed by atoms with Crippen molar-refractivity contribution >= 4 is 21.9 Å². The lowest BCUT2D eigenvalue weighted by Crippen LogP contribution is -2.32. The summed E-state index contributed by atoms with van der Waals surface area (Å²) in [6.07, 6.45) is 2.06. The second-order valence-electron chi connectivity index (χ2n) is 4.35. The normalized spacial score (nSPS) is 18.4. The number of carbonyl (C=O) groups is 1. The number of rotatable bonds is 4. The van der Waals surface area contributed by atoms with Gasteiger partial charge in [0.05, 0.1) is 6.54 Å². The lowest BCUT2D eigenvalue weighted by atomic mass is 10.1. The van der Waals surface area contributed by atoms with Crippen LogP contribution in [0.1, 0.15) is 30.5 Å². The summed E-state index contributed by atoms with van der Waals surface area (Å²) in [5, 5.41) is 8.92. The zero-order valence-electron chi connectivity index (χ0n) is 9.82. The molecule has 17 heavy (non-hydrogen) atoms. The molecular weight excluding hydrogens is 282 g/mol. The van der Waals surface area contributed by atoms with Crippen molar-refractivity contribution in [3.63, 3.8) is 0 Å². The van der Waals surface area contributed by atoms with Crippen molar-refractivity contribution in [2.24, 2.45) is 0 Å². The Balaban J connectivity index is 2.22. The van der Waals surface area contributed by atoms with Gasteiger partial charge in [0.25, 0.3) is 0 Å². The second kappa shape index (κ2) is 5.19. The molecule has 0 saturated heterocycles. The van der Waals surface area contributed by atoms with Crippen molar-refractivity contribution in [1.82, 2.24) is 4.90 Å². The highest BCUT2D eigenvalue weighted by atomic mass is 79.9. The first kappa shape index (κ1) is 12.6. The molecule has 0 radical (unpaired) electrons. The highest BCUT2D eigenvalue weighted by Crippen LogP contribution is 2.36. The zero-order chi connectivity index (χ0) is 12.4. The number of aryl methyl sites for hydroxylation is 1. The van der Waals surface area contributed by atoms with Crippen LogP contribution < -0.4 is 0 Å². The predicted octanol–water partition coefficient (Wildman–Crippen LogP) is 2.84. The Labute approximate surface area is 110 Å². The second-order valence-corrected chi connectivity index (χ2v) is 5.27. The Morgan fingerprint density at radius 2 is 2.35 bits per heavy atom. The van der Waals surface area contributed by atoms with Gasteiger partial charge in [-0.05, 0) is 42.6 Å². The summed E-state index contributed by atoms with van der Waals surface area (Å²) < 4.78 is 1.10. The lowest BCUT2D eigenvalue weighted by molar-refractivity contribution is -0.138. The van der Waals surface area contributed by atoms with Crippen LogP contribution in [0.4, 0.5) is 0 Å². The number of benzene rings is 1. The van der Waals surface area contributed by atoms with Gasteiger partial charge in [-0.25, -0.2) is 0 Å². The summed E-state index contributed by atoms with van der Waals surface area (Å²) in [7, 11) is 0. The molecular formula is C13H16BrNO2. The Morgan fingerprint density at radius 1 is 1.59 bits per heavy atom. The van der Waals surface area contributed by atoms with Crippen LogP contribution in [0, 0.1) is 0 Å². The Kier molecular flexibility index (Phi) is 3.84. The minimum Gasteiger partial charge on any atom is -0.480 e.